The number of rotatable bonds is 7. The number of aromatic nitrogens is 5. The number of esters is 2. The number of ether oxygens (including phenoxy) is 2. The van der Waals surface area contributed by atoms with Gasteiger partial charge in [0.2, 0.25) is 5.78 Å². The number of hydrogen-bond donors (Lipinski definition) is 0. The van der Waals surface area contributed by atoms with E-state index < -0.39 is 29.3 Å². The van der Waals surface area contributed by atoms with Crippen LogP contribution >= 0.6 is 0 Å². The molecule has 178 valence electrons. The number of imidazole rings is 2. The third-order valence-electron chi connectivity index (χ3n) is 5.52. The molecule has 0 radical (unpaired) electrons. The van der Waals surface area contributed by atoms with Crippen LogP contribution in [0, 0.1) is 6.92 Å². The van der Waals surface area contributed by atoms with Crippen LogP contribution in [-0.2, 0) is 39.2 Å². The molecule has 34 heavy (non-hydrogen) atoms. The van der Waals surface area contributed by atoms with Crippen LogP contribution < -0.4 is 11.2 Å². The molecule has 11 nitrogen and oxygen atoms in total. The number of carbonyl (C=O) groups excluding carboxylic acids is 2. The monoisotopic (exact) mass is 467 g/mol. The van der Waals surface area contributed by atoms with Crippen molar-refractivity contribution in [1.29, 1.82) is 0 Å². The number of fused-ring (bicyclic) bond motifs is 3. The van der Waals surface area contributed by atoms with Crippen molar-refractivity contribution in [2.45, 2.75) is 40.0 Å². The second-order valence-electron chi connectivity index (χ2n) is 8.09. The minimum absolute atomic E-state index is 0.223. The Morgan fingerprint density at radius 2 is 1.76 bits per heavy atom. The fourth-order valence-corrected chi connectivity index (χ4v) is 3.95. The zero-order chi connectivity index (χ0) is 24.6. The molecule has 0 bridgehead atoms. The predicted octanol–water partition coefficient (Wildman–Crippen LogP) is 1.00. The summed E-state index contributed by atoms with van der Waals surface area (Å²) in [5.41, 5.74) is 1.22. The molecule has 1 aromatic carbocycles. The number of benzene rings is 1. The Kier molecular flexibility index (Phi) is 6.10. The fraction of sp³-hybridized carbons (Fsp3) is 0.348. The Bertz CT molecular complexity index is 1510. The van der Waals surface area contributed by atoms with Crippen LogP contribution in [0.3, 0.4) is 0 Å². The van der Waals surface area contributed by atoms with Crippen molar-refractivity contribution in [3.63, 3.8) is 0 Å². The van der Waals surface area contributed by atoms with E-state index in [1.165, 1.54) is 25.5 Å². The summed E-state index contributed by atoms with van der Waals surface area (Å²) in [6.07, 6.45) is 0.795. The van der Waals surface area contributed by atoms with Crippen LogP contribution in [0.2, 0.25) is 0 Å². The molecule has 0 aliphatic rings. The minimum Gasteiger partial charge on any atom is -0.462 e. The summed E-state index contributed by atoms with van der Waals surface area (Å²) >= 11 is 0. The number of nitrogens with zero attached hydrogens (tertiary/aromatic N) is 5. The first-order chi connectivity index (χ1) is 16.2. The summed E-state index contributed by atoms with van der Waals surface area (Å²) in [5, 5.41) is 0. The average molecular weight is 467 g/mol. The van der Waals surface area contributed by atoms with Crippen molar-refractivity contribution in [3.8, 4) is 0 Å². The fourth-order valence-electron chi connectivity index (χ4n) is 3.95. The van der Waals surface area contributed by atoms with Crippen LogP contribution in [0.25, 0.3) is 16.9 Å². The molecule has 0 aliphatic carbocycles. The quantitative estimate of drug-likeness (QED) is 0.372. The molecule has 1 unspecified atom stereocenters. The van der Waals surface area contributed by atoms with Crippen molar-refractivity contribution in [1.82, 2.24) is 23.1 Å². The van der Waals surface area contributed by atoms with Gasteiger partial charge in [0.05, 0.1) is 13.1 Å². The minimum atomic E-state index is -1.00. The lowest BCUT2D eigenvalue weighted by atomic mass is 10.2. The molecule has 0 saturated carbocycles. The summed E-state index contributed by atoms with van der Waals surface area (Å²) in [6.45, 7) is 4.32. The topological polar surface area (TPSA) is 119 Å². The third-order valence-corrected chi connectivity index (χ3v) is 5.52. The Morgan fingerprint density at radius 3 is 2.41 bits per heavy atom. The van der Waals surface area contributed by atoms with E-state index in [2.05, 4.69) is 4.98 Å². The molecule has 0 aliphatic heterocycles. The summed E-state index contributed by atoms with van der Waals surface area (Å²) in [4.78, 5) is 53.8. The van der Waals surface area contributed by atoms with Crippen molar-refractivity contribution in [2.24, 2.45) is 7.05 Å². The van der Waals surface area contributed by atoms with Gasteiger partial charge in [-0.1, -0.05) is 30.3 Å². The van der Waals surface area contributed by atoms with Gasteiger partial charge in [-0.15, -0.1) is 0 Å². The zero-order valence-corrected chi connectivity index (χ0v) is 19.3. The highest BCUT2D eigenvalue weighted by Crippen LogP contribution is 2.18. The molecule has 3 aromatic heterocycles. The molecule has 0 amide bonds. The molecule has 1 atom stereocenters. The second kappa shape index (κ2) is 9.00. The maximum atomic E-state index is 13.4. The van der Waals surface area contributed by atoms with Gasteiger partial charge in [0, 0.05) is 32.8 Å². The second-order valence-corrected chi connectivity index (χ2v) is 8.09. The maximum Gasteiger partial charge on any atom is 0.332 e. The normalized spacial score (nSPS) is 12.2. The van der Waals surface area contributed by atoms with E-state index in [-0.39, 0.29) is 24.3 Å². The summed E-state index contributed by atoms with van der Waals surface area (Å²) in [6, 6.07) is 9.84. The van der Waals surface area contributed by atoms with E-state index >= 15 is 0 Å². The van der Waals surface area contributed by atoms with Crippen LogP contribution in [-0.4, -0.2) is 47.7 Å². The van der Waals surface area contributed by atoms with Crippen molar-refractivity contribution in [2.75, 3.05) is 6.61 Å². The molecular formula is C23H25N5O6. The van der Waals surface area contributed by atoms with Crippen molar-refractivity contribution in [3.05, 3.63) is 68.6 Å². The van der Waals surface area contributed by atoms with E-state index in [1.54, 1.807) is 10.6 Å². The van der Waals surface area contributed by atoms with Gasteiger partial charge in [0.25, 0.3) is 5.56 Å². The van der Waals surface area contributed by atoms with E-state index in [4.69, 9.17) is 9.47 Å². The van der Waals surface area contributed by atoms with E-state index in [0.717, 1.165) is 15.8 Å². The van der Waals surface area contributed by atoms with Gasteiger partial charge < -0.3 is 14.0 Å². The SMILES string of the molecule is CC(=O)OCC(Cn1c(=O)c2c(nc3n(Cc4ccccc4)c(C)cn23)n(C)c1=O)OC(C)=O. The maximum absolute atomic E-state index is 13.4. The largest absolute Gasteiger partial charge is 0.462 e. The predicted molar refractivity (Wildman–Crippen MR) is 123 cm³/mol. The Morgan fingerprint density at radius 1 is 1.06 bits per heavy atom. The summed E-state index contributed by atoms with van der Waals surface area (Å²) < 4.78 is 16.0. The van der Waals surface area contributed by atoms with Crippen molar-refractivity contribution < 1.29 is 19.1 Å². The van der Waals surface area contributed by atoms with E-state index in [9.17, 15) is 19.2 Å². The zero-order valence-electron chi connectivity index (χ0n) is 19.3. The summed E-state index contributed by atoms with van der Waals surface area (Å²) in [5.74, 6) is -0.665. The molecule has 11 heteroatoms. The molecule has 0 spiro atoms. The molecular weight excluding hydrogens is 442 g/mol. The first-order valence-electron chi connectivity index (χ1n) is 10.7. The number of carbonyl (C=O) groups is 2. The first-order valence-corrected chi connectivity index (χ1v) is 10.7. The highest BCUT2D eigenvalue weighted by atomic mass is 16.6. The highest BCUT2D eigenvalue weighted by Gasteiger charge is 2.23. The van der Waals surface area contributed by atoms with Gasteiger partial charge >= 0.3 is 17.6 Å². The molecule has 0 fully saturated rings. The van der Waals surface area contributed by atoms with Crippen molar-refractivity contribution >= 4 is 28.9 Å². The summed E-state index contributed by atoms with van der Waals surface area (Å²) in [7, 11) is 1.52. The lowest BCUT2D eigenvalue weighted by Crippen LogP contribution is -2.43. The average Bonchev–Trinajstić information content (AvgIpc) is 3.29. The van der Waals surface area contributed by atoms with Crippen LogP contribution in [0.4, 0.5) is 0 Å². The van der Waals surface area contributed by atoms with Gasteiger partial charge in [0.1, 0.15) is 6.61 Å². The smallest absolute Gasteiger partial charge is 0.332 e. The van der Waals surface area contributed by atoms with Crippen LogP contribution in [0.5, 0.6) is 0 Å². The number of hydrogen-bond acceptors (Lipinski definition) is 7. The van der Waals surface area contributed by atoms with Crippen LogP contribution in [0.1, 0.15) is 25.1 Å². The van der Waals surface area contributed by atoms with Gasteiger partial charge in [0.15, 0.2) is 17.3 Å². The highest BCUT2D eigenvalue weighted by molar-refractivity contribution is 5.75. The van der Waals surface area contributed by atoms with Gasteiger partial charge in [-0.3, -0.25) is 27.9 Å². The lowest BCUT2D eigenvalue weighted by molar-refractivity contribution is -0.157. The Balaban J connectivity index is 1.83. The lowest BCUT2D eigenvalue weighted by Gasteiger charge is -2.18. The van der Waals surface area contributed by atoms with E-state index in [0.29, 0.717) is 12.3 Å². The first kappa shape index (κ1) is 23.0. The van der Waals surface area contributed by atoms with Crippen LogP contribution in [0.15, 0.2) is 46.1 Å². The molecule has 4 rings (SSSR count). The van der Waals surface area contributed by atoms with Gasteiger partial charge in [-0.05, 0) is 12.5 Å². The van der Waals surface area contributed by atoms with Gasteiger partial charge in [-0.25, -0.2) is 4.79 Å². The molecule has 4 aromatic rings. The molecule has 0 N–H and O–H groups in total. The standard InChI is InChI=1S/C23H25N5O6/c1-14-10-27-19-20(24-22(27)26(14)11-17-8-6-5-7-9-17)25(4)23(32)28(21(19)31)12-18(34-16(3)30)13-33-15(2)29/h5-10,18H,11-13H2,1-4H3. The Labute approximate surface area is 193 Å². The molecule has 3 heterocycles. The van der Waals surface area contributed by atoms with Gasteiger partial charge in [-0.2, -0.15) is 4.98 Å². The molecule has 0 saturated heterocycles. The third kappa shape index (κ3) is 4.24. The van der Waals surface area contributed by atoms with E-state index in [1.807, 2.05) is 41.8 Å². The number of aryl methyl sites for hydroxylation is 2. The Hall–Kier alpha value is -4.15.